The minimum atomic E-state index is -0.0658. The van der Waals surface area contributed by atoms with Crippen molar-refractivity contribution in [1.82, 2.24) is 14.9 Å². The highest BCUT2D eigenvalue weighted by Crippen LogP contribution is 2.20. The molecule has 2 aromatic carbocycles. The summed E-state index contributed by atoms with van der Waals surface area (Å²) in [5.74, 6) is 1.09. The lowest BCUT2D eigenvalue weighted by Crippen LogP contribution is -2.49. The van der Waals surface area contributed by atoms with Gasteiger partial charge >= 0.3 is 0 Å². The van der Waals surface area contributed by atoms with E-state index < -0.39 is 0 Å². The average Bonchev–Trinajstić information content (AvgIpc) is 2.83. The highest BCUT2D eigenvalue weighted by atomic mass is 16.2. The van der Waals surface area contributed by atoms with Gasteiger partial charge in [0, 0.05) is 50.0 Å². The molecule has 0 atom stereocenters. The van der Waals surface area contributed by atoms with Gasteiger partial charge in [-0.1, -0.05) is 54.6 Å². The number of amides is 1. The van der Waals surface area contributed by atoms with Crippen LogP contribution in [0.25, 0.3) is 11.4 Å². The van der Waals surface area contributed by atoms with Crippen LogP contribution in [0, 0.1) is 0 Å². The van der Waals surface area contributed by atoms with E-state index in [-0.39, 0.29) is 5.91 Å². The van der Waals surface area contributed by atoms with Crippen LogP contribution in [0.5, 0.6) is 0 Å². The molecule has 1 amide bonds. The van der Waals surface area contributed by atoms with E-state index >= 15 is 0 Å². The number of hydrogen-bond donors (Lipinski definition) is 1. The number of nitrogens with zero attached hydrogens (tertiary/aromatic N) is 4. The number of anilines is 2. The average molecular weight is 399 g/mol. The van der Waals surface area contributed by atoms with Gasteiger partial charge in [-0.05, 0) is 12.1 Å². The van der Waals surface area contributed by atoms with Gasteiger partial charge in [0.2, 0.25) is 0 Å². The second-order valence-corrected chi connectivity index (χ2v) is 7.11. The maximum absolute atomic E-state index is 13.2. The van der Waals surface area contributed by atoms with E-state index in [0.717, 1.165) is 18.7 Å². The van der Waals surface area contributed by atoms with Crippen molar-refractivity contribution in [3.05, 3.63) is 85.1 Å². The van der Waals surface area contributed by atoms with Crippen LogP contribution in [0.2, 0.25) is 0 Å². The number of hydrogen-bond acceptors (Lipinski definition) is 5. The molecule has 0 unspecified atom stereocenters. The summed E-state index contributed by atoms with van der Waals surface area (Å²) in [6.45, 7) is 7.22. The third kappa shape index (κ3) is 4.49. The normalized spacial score (nSPS) is 13.7. The molecule has 2 heterocycles. The number of para-hydroxylation sites is 1. The van der Waals surface area contributed by atoms with Crippen LogP contribution in [-0.2, 0) is 0 Å². The molecule has 0 spiro atoms. The Morgan fingerprint density at radius 1 is 0.967 bits per heavy atom. The SMILES string of the molecule is C=CCNc1cc(C(=O)N2CCN(c3ccccc3)CC2)nc(-c2ccccc2)n1. The van der Waals surface area contributed by atoms with Crippen LogP contribution >= 0.6 is 0 Å². The first-order valence-corrected chi connectivity index (χ1v) is 10.1. The summed E-state index contributed by atoms with van der Waals surface area (Å²) in [4.78, 5) is 26.5. The molecule has 6 nitrogen and oxygen atoms in total. The zero-order valence-corrected chi connectivity index (χ0v) is 16.9. The molecular formula is C24H25N5O. The molecule has 0 radical (unpaired) electrons. The van der Waals surface area contributed by atoms with Gasteiger partial charge in [-0.2, -0.15) is 0 Å². The monoisotopic (exact) mass is 399 g/mol. The highest BCUT2D eigenvalue weighted by Gasteiger charge is 2.24. The summed E-state index contributed by atoms with van der Waals surface area (Å²) in [5.41, 5.74) is 2.47. The first-order valence-electron chi connectivity index (χ1n) is 10.1. The number of aromatic nitrogens is 2. The predicted octanol–water partition coefficient (Wildman–Crippen LogP) is 3.70. The van der Waals surface area contributed by atoms with E-state index in [2.05, 4.69) is 38.9 Å². The molecule has 6 heteroatoms. The van der Waals surface area contributed by atoms with E-state index in [0.29, 0.717) is 37.0 Å². The molecule has 1 fully saturated rings. The van der Waals surface area contributed by atoms with Crippen LogP contribution in [-0.4, -0.2) is 53.5 Å². The van der Waals surface area contributed by atoms with Crippen molar-refractivity contribution in [1.29, 1.82) is 0 Å². The standard InChI is InChI=1S/C24H25N5O/c1-2-13-25-22-18-21(26-23(27-22)19-9-5-3-6-10-19)24(30)29-16-14-28(15-17-29)20-11-7-4-8-12-20/h2-12,18H,1,13-17H2,(H,25,26,27). The van der Waals surface area contributed by atoms with Crippen molar-refractivity contribution in [2.45, 2.75) is 0 Å². The summed E-state index contributed by atoms with van der Waals surface area (Å²) in [7, 11) is 0. The second-order valence-electron chi connectivity index (χ2n) is 7.11. The van der Waals surface area contributed by atoms with Crippen molar-refractivity contribution in [2.24, 2.45) is 0 Å². The highest BCUT2D eigenvalue weighted by molar-refractivity contribution is 5.93. The van der Waals surface area contributed by atoms with Crippen molar-refractivity contribution < 1.29 is 4.79 Å². The smallest absolute Gasteiger partial charge is 0.272 e. The van der Waals surface area contributed by atoms with Gasteiger partial charge in [0.15, 0.2) is 5.82 Å². The van der Waals surface area contributed by atoms with Crippen LogP contribution in [0.15, 0.2) is 79.4 Å². The molecule has 3 aromatic rings. The zero-order valence-electron chi connectivity index (χ0n) is 16.9. The van der Waals surface area contributed by atoms with Gasteiger partial charge in [0.1, 0.15) is 11.5 Å². The largest absolute Gasteiger partial charge is 0.368 e. The molecule has 30 heavy (non-hydrogen) atoms. The molecule has 0 aliphatic carbocycles. The van der Waals surface area contributed by atoms with E-state index in [1.54, 1.807) is 12.1 Å². The summed E-state index contributed by atoms with van der Waals surface area (Å²) in [5, 5.41) is 3.18. The lowest BCUT2D eigenvalue weighted by molar-refractivity contribution is 0.0741. The quantitative estimate of drug-likeness (QED) is 0.641. The third-order valence-corrected chi connectivity index (χ3v) is 5.09. The number of carbonyl (C=O) groups is 1. The zero-order chi connectivity index (χ0) is 20.8. The summed E-state index contributed by atoms with van der Waals surface area (Å²) in [6, 6.07) is 21.7. The van der Waals surface area contributed by atoms with Crippen LogP contribution in [0.3, 0.4) is 0 Å². The van der Waals surface area contributed by atoms with Gasteiger partial charge in [-0.15, -0.1) is 6.58 Å². The summed E-state index contributed by atoms with van der Waals surface area (Å²) in [6.07, 6.45) is 1.76. The number of rotatable bonds is 6. The fourth-order valence-corrected chi connectivity index (χ4v) is 3.51. The van der Waals surface area contributed by atoms with Crippen LogP contribution < -0.4 is 10.2 Å². The van der Waals surface area contributed by atoms with E-state index in [4.69, 9.17) is 0 Å². The Labute approximate surface area is 176 Å². The minimum absolute atomic E-state index is 0.0658. The Bertz CT molecular complexity index is 999. The molecule has 4 rings (SSSR count). The van der Waals surface area contributed by atoms with Crippen molar-refractivity contribution >= 4 is 17.4 Å². The van der Waals surface area contributed by atoms with Gasteiger partial charge in [-0.25, -0.2) is 9.97 Å². The summed E-state index contributed by atoms with van der Waals surface area (Å²) < 4.78 is 0. The predicted molar refractivity (Wildman–Crippen MR) is 121 cm³/mol. The fourth-order valence-electron chi connectivity index (χ4n) is 3.51. The Morgan fingerprint density at radius 2 is 1.63 bits per heavy atom. The first-order chi connectivity index (χ1) is 14.7. The van der Waals surface area contributed by atoms with Gasteiger partial charge in [-0.3, -0.25) is 4.79 Å². The van der Waals surface area contributed by atoms with Gasteiger partial charge in [0.05, 0.1) is 0 Å². The van der Waals surface area contributed by atoms with Crippen molar-refractivity contribution in [2.75, 3.05) is 42.9 Å². The van der Waals surface area contributed by atoms with Gasteiger partial charge in [0.25, 0.3) is 5.91 Å². The molecular weight excluding hydrogens is 374 g/mol. The number of benzene rings is 2. The van der Waals surface area contributed by atoms with Gasteiger partial charge < -0.3 is 15.1 Å². The molecule has 1 aliphatic heterocycles. The maximum Gasteiger partial charge on any atom is 0.272 e. The lowest BCUT2D eigenvalue weighted by Gasteiger charge is -2.36. The molecule has 1 aliphatic rings. The van der Waals surface area contributed by atoms with Crippen molar-refractivity contribution in [3.63, 3.8) is 0 Å². The fraction of sp³-hybridized carbons (Fsp3) is 0.208. The van der Waals surface area contributed by atoms with Crippen molar-refractivity contribution in [3.8, 4) is 11.4 Å². The number of carbonyl (C=O) groups excluding carboxylic acids is 1. The number of piperazine rings is 1. The molecule has 1 aromatic heterocycles. The van der Waals surface area contributed by atoms with E-state index in [1.807, 2.05) is 53.4 Å². The maximum atomic E-state index is 13.2. The topological polar surface area (TPSA) is 61.4 Å². The van der Waals surface area contributed by atoms with Crippen LogP contribution in [0.4, 0.5) is 11.5 Å². The Balaban J connectivity index is 1.53. The second kappa shape index (κ2) is 9.22. The number of nitrogens with one attached hydrogen (secondary N) is 1. The summed E-state index contributed by atoms with van der Waals surface area (Å²) >= 11 is 0. The minimum Gasteiger partial charge on any atom is -0.368 e. The Hall–Kier alpha value is -3.67. The molecule has 0 bridgehead atoms. The first kappa shape index (κ1) is 19.6. The van der Waals surface area contributed by atoms with E-state index in [1.165, 1.54) is 5.69 Å². The molecule has 1 N–H and O–H groups in total. The molecule has 152 valence electrons. The van der Waals surface area contributed by atoms with E-state index in [9.17, 15) is 4.79 Å². The Kier molecular flexibility index (Phi) is 6.03. The molecule has 1 saturated heterocycles. The lowest BCUT2D eigenvalue weighted by atomic mass is 10.2. The molecule has 0 saturated carbocycles. The van der Waals surface area contributed by atoms with Crippen LogP contribution in [0.1, 0.15) is 10.5 Å². The third-order valence-electron chi connectivity index (χ3n) is 5.09. The Morgan fingerprint density at radius 3 is 2.30 bits per heavy atom.